The van der Waals surface area contributed by atoms with Gasteiger partial charge in [-0.05, 0) is 30.2 Å². The Labute approximate surface area is 115 Å². The molecule has 0 bridgehead atoms. The van der Waals surface area contributed by atoms with Crippen molar-refractivity contribution in [2.75, 3.05) is 13.6 Å². The van der Waals surface area contributed by atoms with Crippen molar-refractivity contribution in [2.45, 2.75) is 6.42 Å². The van der Waals surface area contributed by atoms with Gasteiger partial charge in [0.1, 0.15) is 0 Å². The highest BCUT2D eigenvalue weighted by Crippen LogP contribution is 2.11. The lowest BCUT2D eigenvalue weighted by atomic mass is 10.2. The van der Waals surface area contributed by atoms with Crippen molar-refractivity contribution in [2.24, 2.45) is 0 Å². The molecule has 0 aliphatic heterocycles. The van der Waals surface area contributed by atoms with Crippen LogP contribution in [0.25, 0.3) is 0 Å². The molecule has 104 valence electrons. The summed E-state index contributed by atoms with van der Waals surface area (Å²) < 4.78 is 26.5. The molecule has 0 fully saturated rings. The van der Waals surface area contributed by atoms with E-state index in [-0.39, 0.29) is 5.56 Å². The molecule has 4 nitrogen and oxygen atoms in total. The van der Waals surface area contributed by atoms with Crippen molar-refractivity contribution in [3.05, 3.63) is 59.7 Å². The van der Waals surface area contributed by atoms with Gasteiger partial charge >= 0.3 is 0 Å². The first-order chi connectivity index (χ1) is 9.59. The van der Waals surface area contributed by atoms with Gasteiger partial charge in [-0.1, -0.05) is 0 Å². The largest absolute Gasteiger partial charge is 0.341 e. The van der Waals surface area contributed by atoms with Crippen LogP contribution in [0.2, 0.25) is 0 Å². The van der Waals surface area contributed by atoms with Gasteiger partial charge in [-0.2, -0.15) is 4.39 Å². The summed E-state index contributed by atoms with van der Waals surface area (Å²) >= 11 is 0. The van der Waals surface area contributed by atoms with Gasteiger partial charge < -0.3 is 4.90 Å². The SMILES string of the molecule is CN(CCc1ccncc1)C(=O)c1ccnc(F)c1F. The van der Waals surface area contributed by atoms with E-state index in [0.29, 0.717) is 13.0 Å². The van der Waals surface area contributed by atoms with E-state index in [1.807, 2.05) is 12.1 Å². The van der Waals surface area contributed by atoms with E-state index in [4.69, 9.17) is 0 Å². The molecule has 2 aromatic rings. The number of halogens is 2. The molecule has 0 spiro atoms. The predicted molar refractivity (Wildman–Crippen MR) is 69.1 cm³/mol. The predicted octanol–water partition coefficient (Wildman–Crippen LogP) is 2.07. The van der Waals surface area contributed by atoms with Crippen LogP contribution in [0.4, 0.5) is 8.78 Å². The Kier molecular flexibility index (Phi) is 4.34. The molecule has 6 heteroatoms. The topological polar surface area (TPSA) is 46.1 Å². The maximum Gasteiger partial charge on any atom is 0.256 e. The molecule has 0 saturated heterocycles. The van der Waals surface area contributed by atoms with Crippen LogP contribution in [0.15, 0.2) is 36.8 Å². The van der Waals surface area contributed by atoms with Crippen LogP contribution in [0.3, 0.4) is 0 Å². The molecule has 0 N–H and O–H groups in total. The molecule has 20 heavy (non-hydrogen) atoms. The molecule has 0 unspecified atom stereocenters. The van der Waals surface area contributed by atoms with Crippen molar-refractivity contribution >= 4 is 5.91 Å². The first-order valence-electron chi connectivity index (χ1n) is 6.04. The van der Waals surface area contributed by atoms with Crippen LogP contribution in [0, 0.1) is 11.8 Å². The van der Waals surface area contributed by atoms with Crippen LogP contribution in [0.1, 0.15) is 15.9 Å². The molecule has 0 aromatic carbocycles. The summed E-state index contributed by atoms with van der Waals surface area (Å²) in [6.07, 6.45) is 5.01. The Morgan fingerprint density at radius 2 is 1.90 bits per heavy atom. The third kappa shape index (κ3) is 3.14. The summed E-state index contributed by atoms with van der Waals surface area (Å²) in [5.74, 6) is -3.05. The number of likely N-dealkylation sites (N-methyl/N-ethyl adjacent to an activating group) is 1. The first-order valence-corrected chi connectivity index (χ1v) is 6.04. The van der Waals surface area contributed by atoms with Crippen LogP contribution in [-0.2, 0) is 6.42 Å². The van der Waals surface area contributed by atoms with Gasteiger partial charge in [0.15, 0.2) is 5.82 Å². The number of hydrogen-bond acceptors (Lipinski definition) is 3. The lowest BCUT2D eigenvalue weighted by molar-refractivity contribution is 0.0790. The fraction of sp³-hybridized carbons (Fsp3) is 0.214. The molecule has 0 atom stereocenters. The molecular weight excluding hydrogens is 264 g/mol. The van der Waals surface area contributed by atoms with Crippen molar-refractivity contribution in [3.8, 4) is 0 Å². The summed E-state index contributed by atoms with van der Waals surface area (Å²) in [6.45, 7) is 0.395. The van der Waals surface area contributed by atoms with Gasteiger partial charge in [-0.15, -0.1) is 0 Å². The van der Waals surface area contributed by atoms with Gasteiger partial charge in [0.2, 0.25) is 5.95 Å². The van der Waals surface area contributed by atoms with Gasteiger partial charge in [0.25, 0.3) is 5.91 Å². The molecule has 0 saturated carbocycles. The standard InChI is InChI=1S/C14H13F2N3O/c1-19(9-5-10-2-6-17-7-3-10)14(20)11-4-8-18-13(16)12(11)15/h2-4,6-8H,5,9H2,1H3. The second kappa shape index (κ2) is 6.18. The van der Waals surface area contributed by atoms with Crippen LogP contribution < -0.4 is 0 Å². The fourth-order valence-corrected chi connectivity index (χ4v) is 1.74. The van der Waals surface area contributed by atoms with Crippen molar-refractivity contribution in [3.63, 3.8) is 0 Å². The zero-order valence-corrected chi connectivity index (χ0v) is 10.9. The van der Waals surface area contributed by atoms with Gasteiger partial charge in [0, 0.05) is 32.2 Å². The van der Waals surface area contributed by atoms with Gasteiger partial charge in [0.05, 0.1) is 5.56 Å². The smallest absolute Gasteiger partial charge is 0.256 e. The molecule has 0 aliphatic carbocycles. The number of rotatable bonds is 4. The second-order valence-corrected chi connectivity index (χ2v) is 4.30. The summed E-state index contributed by atoms with van der Waals surface area (Å²) in [5, 5.41) is 0. The van der Waals surface area contributed by atoms with Crippen LogP contribution in [0.5, 0.6) is 0 Å². The van der Waals surface area contributed by atoms with Crippen molar-refractivity contribution in [1.82, 2.24) is 14.9 Å². The van der Waals surface area contributed by atoms with E-state index < -0.39 is 17.7 Å². The van der Waals surface area contributed by atoms with E-state index in [9.17, 15) is 13.6 Å². The Morgan fingerprint density at radius 1 is 1.20 bits per heavy atom. The van der Waals surface area contributed by atoms with Crippen molar-refractivity contribution < 1.29 is 13.6 Å². The molecular formula is C14H13F2N3O. The van der Waals surface area contributed by atoms with Crippen molar-refractivity contribution in [1.29, 1.82) is 0 Å². The normalized spacial score (nSPS) is 10.3. The zero-order chi connectivity index (χ0) is 14.5. The molecule has 0 aliphatic rings. The number of amides is 1. The summed E-state index contributed by atoms with van der Waals surface area (Å²) in [6, 6.07) is 4.85. The van der Waals surface area contributed by atoms with Crippen LogP contribution >= 0.6 is 0 Å². The second-order valence-electron chi connectivity index (χ2n) is 4.30. The van der Waals surface area contributed by atoms with Gasteiger partial charge in [-0.25, -0.2) is 9.37 Å². The minimum absolute atomic E-state index is 0.310. The summed E-state index contributed by atoms with van der Waals surface area (Å²) in [7, 11) is 1.54. The van der Waals surface area contributed by atoms with E-state index in [1.165, 1.54) is 11.0 Å². The lowest BCUT2D eigenvalue weighted by Gasteiger charge is -2.17. The highest BCUT2D eigenvalue weighted by atomic mass is 19.2. The number of aromatic nitrogens is 2. The maximum atomic E-state index is 13.5. The lowest BCUT2D eigenvalue weighted by Crippen LogP contribution is -2.29. The molecule has 2 rings (SSSR count). The summed E-state index contributed by atoms with van der Waals surface area (Å²) in [5.41, 5.74) is 0.704. The fourth-order valence-electron chi connectivity index (χ4n) is 1.74. The summed E-state index contributed by atoms with van der Waals surface area (Å²) in [4.78, 5) is 20.4. The third-order valence-corrected chi connectivity index (χ3v) is 2.91. The van der Waals surface area contributed by atoms with Gasteiger partial charge in [-0.3, -0.25) is 9.78 Å². The molecule has 0 radical (unpaired) electrons. The van der Waals surface area contributed by atoms with E-state index >= 15 is 0 Å². The number of pyridine rings is 2. The number of hydrogen-bond donors (Lipinski definition) is 0. The Balaban J connectivity index is 2.04. The Hall–Kier alpha value is -2.37. The monoisotopic (exact) mass is 277 g/mol. The highest BCUT2D eigenvalue weighted by Gasteiger charge is 2.19. The Bertz CT molecular complexity index is 605. The first kappa shape index (κ1) is 14.0. The average Bonchev–Trinajstić information content (AvgIpc) is 2.48. The third-order valence-electron chi connectivity index (χ3n) is 2.91. The average molecular weight is 277 g/mol. The molecule has 2 heterocycles. The Morgan fingerprint density at radius 3 is 2.60 bits per heavy atom. The molecule has 2 aromatic heterocycles. The number of nitrogens with zero attached hydrogens (tertiary/aromatic N) is 3. The van der Waals surface area contributed by atoms with E-state index in [0.717, 1.165) is 11.8 Å². The minimum Gasteiger partial charge on any atom is -0.341 e. The maximum absolute atomic E-state index is 13.5. The van der Waals surface area contributed by atoms with Crippen LogP contribution in [-0.4, -0.2) is 34.4 Å². The highest BCUT2D eigenvalue weighted by molar-refractivity contribution is 5.94. The number of carbonyl (C=O) groups is 1. The zero-order valence-electron chi connectivity index (χ0n) is 10.9. The minimum atomic E-state index is -1.27. The van der Waals surface area contributed by atoms with E-state index in [2.05, 4.69) is 9.97 Å². The number of carbonyl (C=O) groups excluding carboxylic acids is 1. The molecule has 1 amide bonds. The quantitative estimate of drug-likeness (QED) is 0.804. The van der Waals surface area contributed by atoms with E-state index in [1.54, 1.807) is 19.4 Å².